The van der Waals surface area contributed by atoms with Crippen molar-refractivity contribution in [2.45, 2.75) is 33.2 Å². The van der Waals surface area contributed by atoms with Crippen molar-refractivity contribution < 1.29 is 0 Å². The van der Waals surface area contributed by atoms with Gasteiger partial charge in [-0.2, -0.15) is 0 Å². The lowest BCUT2D eigenvalue weighted by atomic mass is 9.92. The molecule has 0 heterocycles. The molecule has 2 aromatic carbocycles. The van der Waals surface area contributed by atoms with E-state index in [0.29, 0.717) is 6.04 Å². The molecule has 1 N–H and O–H groups in total. The summed E-state index contributed by atoms with van der Waals surface area (Å²) in [6, 6.07) is 11.4. The van der Waals surface area contributed by atoms with Gasteiger partial charge in [0.15, 0.2) is 0 Å². The topological polar surface area (TPSA) is 12.0 Å². The number of halogens is 2. The van der Waals surface area contributed by atoms with Crippen LogP contribution in [0.15, 0.2) is 34.8 Å². The smallest absolute Gasteiger partial charge is 0.0369 e. The van der Waals surface area contributed by atoms with Crippen LogP contribution in [0.2, 0.25) is 0 Å². The highest BCUT2D eigenvalue weighted by atomic mass is 127. The van der Waals surface area contributed by atoms with Crippen molar-refractivity contribution in [2.75, 3.05) is 7.05 Å². The molecular formula is C18H21BrIN. The molecule has 0 aliphatic carbocycles. The van der Waals surface area contributed by atoms with Crippen molar-refractivity contribution in [1.29, 1.82) is 0 Å². The van der Waals surface area contributed by atoms with Crippen LogP contribution >= 0.6 is 38.5 Å². The molecule has 0 bridgehead atoms. The maximum Gasteiger partial charge on any atom is 0.0369 e. The van der Waals surface area contributed by atoms with Gasteiger partial charge in [-0.15, -0.1) is 0 Å². The lowest BCUT2D eigenvalue weighted by Gasteiger charge is -2.21. The third-order valence-electron chi connectivity index (χ3n) is 3.93. The van der Waals surface area contributed by atoms with E-state index in [2.05, 4.69) is 94.9 Å². The zero-order valence-corrected chi connectivity index (χ0v) is 16.7. The summed E-state index contributed by atoms with van der Waals surface area (Å²) in [5.41, 5.74) is 6.92. The van der Waals surface area contributed by atoms with E-state index in [0.717, 1.165) is 10.9 Å². The molecule has 1 atom stereocenters. The van der Waals surface area contributed by atoms with Gasteiger partial charge in [-0.25, -0.2) is 0 Å². The van der Waals surface area contributed by atoms with Crippen LogP contribution in [-0.2, 0) is 6.42 Å². The molecule has 0 aliphatic rings. The molecule has 1 nitrogen and oxygen atoms in total. The molecule has 112 valence electrons. The highest BCUT2D eigenvalue weighted by Gasteiger charge is 2.16. The van der Waals surface area contributed by atoms with E-state index in [-0.39, 0.29) is 0 Å². The van der Waals surface area contributed by atoms with E-state index in [1.807, 2.05) is 7.05 Å². The van der Waals surface area contributed by atoms with Crippen LogP contribution in [0.3, 0.4) is 0 Å². The van der Waals surface area contributed by atoms with Crippen LogP contribution in [0, 0.1) is 24.3 Å². The minimum absolute atomic E-state index is 0.328. The Morgan fingerprint density at radius 1 is 1.10 bits per heavy atom. The summed E-state index contributed by atoms with van der Waals surface area (Å²) in [6.07, 6.45) is 1.01. The van der Waals surface area contributed by atoms with E-state index >= 15 is 0 Å². The normalized spacial score (nSPS) is 12.5. The molecule has 0 amide bonds. The summed E-state index contributed by atoms with van der Waals surface area (Å²) < 4.78 is 2.44. The third kappa shape index (κ3) is 4.08. The average molecular weight is 458 g/mol. The van der Waals surface area contributed by atoms with Gasteiger partial charge in [-0.3, -0.25) is 0 Å². The zero-order valence-electron chi connectivity index (χ0n) is 12.9. The molecule has 0 saturated carbocycles. The largest absolute Gasteiger partial charge is 0.313 e. The van der Waals surface area contributed by atoms with Gasteiger partial charge < -0.3 is 5.32 Å². The Morgan fingerprint density at radius 3 is 2.29 bits per heavy atom. The van der Waals surface area contributed by atoms with Gasteiger partial charge in [0.1, 0.15) is 0 Å². The number of likely N-dealkylation sites (N-methyl/N-ethyl adjacent to an activating group) is 1. The Hall–Kier alpha value is -0.390. The molecule has 2 rings (SSSR count). The summed E-state index contributed by atoms with van der Waals surface area (Å²) in [4.78, 5) is 0. The van der Waals surface area contributed by atoms with Gasteiger partial charge in [0.25, 0.3) is 0 Å². The van der Waals surface area contributed by atoms with Crippen molar-refractivity contribution >= 4 is 38.5 Å². The van der Waals surface area contributed by atoms with Gasteiger partial charge in [-0.05, 0) is 97.3 Å². The second kappa shape index (κ2) is 7.25. The van der Waals surface area contributed by atoms with Gasteiger partial charge in [0.05, 0.1) is 0 Å². The lowest BCUT2D eigenvalue weighted by molar-refractivity contribution is 0.586. The maximum absolute atomic E-state index is 3.59. The molecule has 3 heteroatoms. The molecule has 0 aliphatic heterocycles. The van der Waals surface area contributed by atoms with E-state index < -0.39 is 0 Å². The molecule has 21 heavy (non-hydrogen) atoms. The first-order valence-electron chi connectivity index (χ1n) is 7.11. The van der Waals surface area contributed by atoms with Crippen molar-refractivity contribution in [3.8, 4) is 0 Å². The van der Waals surface area contributed by atoms with E-state index in [1.165, 1.54) is 31.4 Å². The van der Waals surface area contributed by atoms with Crippen LogP contribution in [0.5, 0.6) is 0 Å². The van der Waals surface area contributed by atoms with Crippen LogP contribution in [0.4, 0.5) is 0 Å². The fourth-order valence-corrected chi connectivity index (χ4v) is 3.98. The number of nitrogens with one attached hydrogen (secondary N) is 1. The SMILES string of the molecule is CNC(Cc1c(C)cc(C)cc1C)c1cc(Br)ccc1I. The van der Waals surface area contributed by atoms with Crippen molar-refractivity contribution in [3.05, 3.63) is 66.2 Å². The van der Waals surface area contributed by atoms with E-state index in [1.54, 1.807) is 0 Å². The highest BCUT2D eigenvalue weighted by Crippen LogP contribution is 2.28. The maximum atomic E-state index is 3.59. The second-order valence-corrected chi connectivity index (χ2v) is 7.67. The van der Waals surface area contributed by atoms with Crippen molar-refractivity contribution in [2.24, 2.45) is 0 Å². The number of rotatable bonds is 4. The standard InChI is InChI=1S/C18H21BrIN/c1-11-7-12(2)15(13(3)8-11)10-18(21-4)16-9-14(19)5-6-17(16)20/h5-9,18,21H,10H2,1-4H3. The zero-order chi connectivity index (χ0) is 15.6. The quantitative estimate of drug-likeness (QED) is 0.599. The number of benzene rings is 2. The first-order chi connectivity index (χ1) is 9.92. The van der Waals surface area contributed by atoms with Crippen molar-refractivity contribution in [1.82, 2.24) is 5.32 Å². The Bertz CT molecular complexity index is 629. The second-order valence-electron chi connectivity index (χ2n) is 5.59. The molecule has 0 spiro atoms. The van der Waals surface area contributed by atoms with Crippen LogP contribution in [0.1, 0.15) is 33.9 Å². The first kappa shape index (κ1) is 17.0. The van der Waals surface area contributed by atoms with E-state index in [9.17, 15) is 0 Å². The van der Waals surface area contributed by atoms with Gasteiger partial charge in [-0.1, -0.05) is 33.6 Å². The average Bonchev–Trinajstić information content (AvgIpc) is 2.41. The minimum Gasteiger partial charge on any atom is -0.313 e. The molecule has 0 saturated heterocycles. The fraction of sp³-hybridized carbons (Fsp3) is 0.333. The number of hydrogen-bond donors (Lipinski definition) is 1. The Kier molecular flexibility index (Phi) is 5.86. The summed E-state index contributed by atoms with van der Waals surface area (Å²) in [5.74, 6) is 0. The monoisotopic (exact) mass is 457 g/mol. The summed E-state index contributed by atoms with van der Waals surface area (Å²) >= 11 is 6.01. The number of hydrogen-bond acceptors (Lipinski definition) is 1. The molecular weight excluding hydrogens is 437 g/mol. The first-order valence-corrected chi connectivity index (χ1v) is 8.98. The molecule has 0 fully saturated rings. The summed E-state index contributed by atoms with van der Waals surface area (Å²) in [6.45, 7) is 6.60. The van der Waals surface area contributed by atoms with Gasteiger partial charge >= 0.3 is 0 Å². The van der Waals surface area contributed by atoms with Crippen LogP contribution in [0.25, 0.3) is 0 Å². The number of aryl methyl sites for hydroxylation is 3. The fourth-order valence-electron chi connectivity index (χ4n) is 2.89. The summed E-state index contributed by atoms with van der Waals surface area (Å²) in [7, 11) is 2.04. The predicted octanol–water partition coefficient (Wildman–Crippen LogP) is 5.48. The molecule has 1 unspecified atom stereocenters. The highest BCUT2D eigenvalue weighted by molar-refractivity contribution is 14.1. The van der Waals surface area contributed by atoms with Gasteiger partial charge in [0.2, 0.25) is 0 Å². The minimum atomic E-state index is 0.328. The Labute approximate surface area is 149 Å². The Balaban J connectivity index is 2.38. The van der Waals surface area contributed by atoms with E-state index in [4.69, 9.17) is 0 Å². The summed E-state index contributed by atoms with van der Waals surface area (Å²) in [5, 5.41) is 3.48. The Morgan fingerprint density at radius 2 is 1.71 bits per heavy atom. The predicted molar refractivity (Wildman–Crippen MR) is 103 cm³/mol. The molecule has 2 aromatic rings. The lowest BCUT2D eigenvalue weighted by Crippen LogP contribution is -2.21. The molecule has 0 aromatic heterocycles. The van der Waals surface area contributed by atoms with Crippen molar-refractivity contribution in [3.63, 3.8) is 0 Å². The van der Waals surface area contributed by atoms with Crippen LogP contribution < -0.4 is 5.32 Å². The van der Waals surface area contributed by atoms with Gasteiger partial charge in [0, 0.05) is 14.1 Å². The van der Waals surface area contributed by atoms with Crippen LogP contribution in [-0.4, -0.2) is 7.05 Å². The third-order valence-corrected chi connectivity index (χ3v) is 5.41. The molecule has 0 radical (unpaired) electrons.